The number of hydrogen-bond donors (Lipinski definition) is 1. The van der Waals surface area contributed by atoms with E-state index in [9.17, 15) is 13.2 Å². The van der Waals surface area contributed by atoms with Crippen LogP contribution in [0.25, 0.3) is 0 Å². The van der Waals surface area contributed by atoms with E-state index in [4.69, 9.17) is 0 Å². The van der Waals surface area contributed by atoms with Crippen molar-refractivity contribution < 1.29 is 13.2 Å². The summed E-state index contributed by atoms with van der Waals surface area (Å²) < 4.78 is 38.2. The summed E-state index contributed by atoms with van der Waals surface area (Å²) in [7, 11) is 0. The molecule has 1 aliphatic heterocycles. The van der Waals surface area contributed by atoms with Gasteiger partial charge in [-0.05, 0) is 37.9 Å². The Morgan fingerprint density at radius 2 is 1.90 bits per heavy atom. The lowest BCUT2D eigenvalue weighted by Crippen LogP contribution is -2.39. The summed E-state index contributed by atoms with van der Waals surface area (Å²) >= 11 is 0. The van der Waals surface area contributed by atoms with E-state index in [2.05, 4.69) is 16.3 Å². The molecule has 118 valence electrons. The number of alkyl halides is 3. The number of halogens is 3. The maximum atomic E-state index is 12.7. The molecular weight excluding hydrogens is 277 g/mol. The summed E-state index contributed by atoms with van der Waals surface area (Å²) in [5, 5.41) is 3.30. The molecule has 5 heteroatoms. The average molecular weight is 300 g/mol. The highest BCUT2D eigenvalue weighted by molar-refractivity contribution is 5.55. The van der Waals surface area contributed by atoms with Gasteiger partial charge in [0.2, 0.25) is 0 Å². The summed E-state index contributed by atoms with van der Waals surface area (Å²) in [6.45, 7) is 6.67. The van der Waals surface area contributed by atoms with Gasteiger partial charge in [0.25, 0.3) is 0 Å². The Morgan fingerprint density at radius 1 is 1.24 bits per heavy atom. The highest BCUT2D eigenvalue weighted by Crippen LogP contribution is 2.36. The van der Waals surface area contributed by atoms with Crippen molar-refractivity contribution in [2.24, 2.45) is 5.92 Å². The number of piperidine rings is 1. The molecule has 0 radical (unpaired) electrons. The van der Waals surface area contributed by atoms with Crippen LogP contribution in [-0.4, -0.2) is 25.8 Å². The molecule has 0 amide bonds. The monoisotopic (exact) mass is 300 g/mol. The van der Waals surface area contributed by atoms with E-state index in [1.54, 1.807) is 0 Å². The van der Waals surface area contributed by atoms with E-state index in [1.165, 1.54) is 11.1 Å². The maximum absolute atomic E-state index is 12.7. The van der Waals surface area contributed by atoms with Crippen molar-refractivity contribution in [3.05, 3.63) is 29.3 Å². The minimum Gasteiger partial charge on any atom is -0.371 e. The van der Waals surface area contributed by atoms with Crippen LogP contribution in [0.3, 0.4) is 0 Å². The first-order valence-electron chi connectivity index (χ1n) is 7.53. The van der Waals surface area contributed by atoms with Crippen molar-refractivity contribution in [3.63, 3.8) is 0 Å². The minimum atomic E-state index is -4.05. The first-order valence-corrected chi connectivity index (χ1v) is 7.53. The second kappa shape index (κ2) is 6.69. The molecule has 1 aromatic rings. The van der Waals surface area contributed by atoms with Gasteiger partial charge in [0.1, 0.15) is 0 Å². The van der Waals surface area contributed by atoms with Crippen LogP contribution in [0.2, 0.25) is 0 Å². The fourth-order valence-electron chi connectivity index (χ4n) is 2.87. The molecule has 0 spiro atoms. The van der Waals surface area contributed by atoms with E-state index in [0.29, 0.717) is 13.1 Å². The van der Waals surface area contributed by atoms with Gasteiger partial charge in [-0.25, -0.2) is 0 Å². The molecule has 1 fully saturated rings. The topological polar surface area (TPSA) is 15.3 Å². The summed E-state index contributed by atoms with van der Waals surface area (Å²) in [4.78, 5) is 2.09. The van der Waals surface area contributed by atoms with Crippen LogP contribution in [0.15, 0.2) is 18.2 Å². The Kier molecular flexibility index (Phi) is 5.14. The predicted molar refractivity (Wildman–Crippen MR) is 79.6 cm³/mol. The molecule has 1 saturated heterocycles. The zero-order chi connectivity index (χ0) is 15.5. The van der Waals surface area contributed by atoms with Gasteiger partial charge < -0.3 is 10.2 Å². The number of aryl methyl sites for hydroxylation is 1. The van der Waals surface area contributed by atoms with E-state index in [0.717, 1.165) is 18.8 Å². The first kappa shape index (κ1) is 16.1. The lowest BCUT2D eigenvalue weighted by atomic mass is 9.95. The second-order valence-corrected chi connectivity index (χ2v) is 5.72. The lowest BCUT2D eigenvalue weighted by molar-refractivity contribution is -0.179. The van der Waals surface area contributed by atoms with Gasteiger partial charge in [0, 0.05) is 25.3 Å². The van der Waals surface area contributed by atoms with Crippen molar-refractivity contribution in [2.75, 3.05) is 24.5 Å². The molecule has 0 aromatic heterocycles. The number of benzene rings is 1. The van der Waals surface area contributed by atoms with Crippen LogP contribution in [0.1, 0.15) is 30.9 Å². The third kappa shape index (κ3) is 4.13. The van der Waals surface area contributed by atoms with Crippen LogP contribution in [0.4, 0.5) is 18.9 Å². The van der Waals surface area contributed by atoms with Gasteiger partial charge in [-0.2, -0.15) is 13.2 Å². The molecule has 2 nitrogen and oxygen atoms in total. The van der Waals surface area contributed by atoms with Gasteiger partial charge in [-0.3, -0.25) is 0 Å². The minimum absolute atomic E-state index is 0.192. The highest BCUT2D eigenvalue weighted by atomic mass is 19.4. The smallest absolute Gasteiger partial charge is 0.371 e. The third-order valence-electron chi connectivity index (χ3n) is 4.10. The van der Waals surface area contributed by atoms with Crippen molar-refractivity contribution in [1.82, 2.24) is 5.32 Å². The molecule has 1 N–H and O–H groups in total. The molecule has 2 rings (SSSR count). The van der Waals surface area contributed by atoms with E-state index >= 15 is 0 Å². The van der Waals surface area contributed by atoms with Crippen LogP contribution >= 0.6 is 0 Å². The third-order valence-corrected chi connectivity index (χ3v) is 4.10. The van der Waals surface area contributed by atoms with E-state index in [-0.39, 0.29) is 12.8 Å². The average Bonchev–Trinajstić information content (AvgIpc) is 2.44. The molecular formula is C16H23F3N2. The summed E-state index contributed by atoms with van der Waals surface area (Å²) in [6, 6.07) is 6.18. The molecule has 1 aromatic carbocycles. The van der Waals surface area contributed by atoms with Crippen molar-refractivity contribution in [3.8, 4) is 0 Å². The molecule has 0 aliphatic carbocycles. The SMILES string of the molecule is CCNCc1cc(C)ccc1N1CCC(C(F)(F)F)CC1. The zero-order valence-corrected chi connectivity index (χ0v) is 12.6. The van der Waals surface area contributed by atoms with Crippen molar-refractivity contribution >= 4 is 5.69 Å². The highest BCUT2D eigenvalue weighted by Gasteiger charge is 2.41. The van der Waals surface area contributed by atoms with Gasteiger partial charge in [-0.15, -0.1) is 0 Å². The van der Waals surface area contributed by atoms with Gasteiger partial charge in [0.15, 0.2) is 0 Å². The predicted octanol–water partition coefficient (Wildman–Crippen LogP) is 3.88. The van der Waals surface area contributed by atoms with Crippen LogP contribution in [0, 0.1) is 12.8 Å². The van der Waals surface area contributed by atoms with Crippen LogP contribution < -0.4 is 10.2 Å². The number of hydrogen-bond acceptors (Lipinski definition) is 2. The number of anilines is 1. The number of rotatable bonds is 4. The maximum Gasteiger partial charge on any atom is 0.391 e. The standard InChI is InChI=1S/C16H23F3N2/c1-3-20-11-13-10-12(2)4-5-15(13)21-8-6-14(7-9-21)16(17,18)19/h4-5,10,14,20H,3,6-9,11H2,1-2H3. The normalized spacial score (nSPS) is 17.3. The molecule has 0 atom stereocenters. The van der Waals surface area contributed by atoms with E-state index in [1.807, 2.05) is 26.0 Å². The Morgan fingerprint density at radius 3 is 2.48 bits per heavy atom. The molecule has 1 aliphatic rings. The number of nitrogens with one attached hydrogen (secondary N) is 1. The Bertz CT molecular complexity index is 463. The van der Waals surface area contributed by atoms with Crippen LogP contribution in [0.5, 0.6) is 0 Å². The molecule has 1 heterocycles. The Balaban J connectivity index is 2.09. The fourth-order valence-corrected chi connectivity index (χ4v) is 2.87. The molecule has 21 heavy (non-hydrogen) atoms. The van der Waals surface area contributed by atoms with Crippen LogP contribution in [-0.2, 0) is 6.54 Å². The van der Waals surface area contributed by atoms with E-state index < -0.39 is 12.1 Å². The Hall–Kier alpha value is -1.23. The largest absolute Gasteiger partial charge is 0.391 e. The molecule has 0 unspecified atom stereocenters. The van der Waals surface area contributed by atoms with Gasteiger partial charge >= 0.3 is 6.18 Å². The molecule has 0 bridgehead atoms. The Labute approximate surface area is 124 Å². The van der Waals surface area contributed by atoms with Gasteiger partial charge in [-0.1, -0.05) is 24.6 Å². The van der Waals surface area contributed by atoms with Crippen molar-refractivity contribution in [1.29, 1.82) is 0 Å². The quantitative estimate of drug-likeness (QED) is 0.907. The summed E-state index contributed by atoms with van der Waals surface area (Å²) in [5.74, 6) is -1.14. The second-order valence-electron chi connectivity index (χ2n) is 5.72. The number of nitrogens with zero attached hydrogens (tertiary/aromatic N) is 1. The lowest BCUT2D eigenvalue weighted by Gasteiger charge is -2.35. The summed E-state index contributed by atoms with van der Waals surface area (Å²) in [6.07, 6.45) is -3.66. The van der Waals surface area contributed by atoms with Crippen molar-refractivity contribution in [2.45, 2.75) is 39.4 Å². The fraction of sp³-hybridized carbons (Fsp3) is 0.625. The first-order chi connectivity index (χ1) is 9.91. The van der Waals surface area contributed by atoms with Gasteiger partial charge in [0.05, 0.1) is 5.92 Å². The zero-order valence-electron chi connectivity index (χ0n) is 12.6. The molecule has 0 saturated carbocycles. The summed E-state index contributed by atoms with van der Waals surface area (Å²) in [5.41, 5.74) is 3.42.